The van der Waals surface area contributed by atoms with Crippen molar-refractivity contribution >= 4 is 11.0 Å². The van der Waals surface area contributed by atoms with Crippen molar-refractivity contribution in [3.63, 3.8) is 0 Å². The van der Waals surface area contributed by atoms with Crippen LogP contribution in [0.15, 0.2) is 28.7 Å². The summed E-state index contributed by atoms with van der Waals surface area (Å²) in [7, 11) is 0. The molecule has 1 aromatic heterocycles. The van der Waals surface area contributed by atoms with E-state index in [2.05, 4.69) is 41.4 Å². The van der Waals surface area contributed by atoms with Gasteiger partial charge in [-0.2, -0.15) is 0 Å². The molecule has 0 spiro atoms. The van der Waals surface area contributed by atoms with Gasteiger partial charge >= 0.3 is 0 Å². The second kappa shape index (κ2) is 5.47. The summed E-state index contributed by atoms with van der Waals surface area (Å²) in [6.07, 6.45) is 5.35. The third kappa shape index (κ3) is 2.39. The first-order valence-corrected chi connectivity index (χ1v) is 8.27. The van der Waals surface area contributed by atoms with Crippen molar-refractivity contribution in [1.29, 1.82) is 0 Å². The van der Waals surface area contributed by atoms with Crippen LogP contribution in [0.1, 0.15) is 37.0 Å². The Morgan fingerprint density at radius 3 is 3.00 bits per heavy atom. The number of rotatable bonds is 3. The fraction of sp³-hybridized carbons (Fsp3) is 0.556. The predicted octanol–water partition coefficient (Wildman–Crippen LogP) is 3.46. The molecule has 2 unspecified atom stereocenters. The van der Waals surface area contributed by atoms with Gasteiger partial charge in [0.05, 0.1) is 0 Å². The summed E-state index contributed by atoms with van der Waals surface area (Å²) in [4.78, 5) is 2.67. The Bertz CT molecular complexity index is 627. The van der Waals surface area contributed by atoms with Crippen LogP contribution in [0.25, 0.3) is 11.0 Å². The first-order valence-electron chi connectivity index (χ1n) is 8.27. The minimum Gasteiger partial charge on any atom is -0.461 e. The largest absolute Gasteiger partial charge is 0.461 e. The molecule has 0 radical (unpaired) electrons. The molecule has 0 amide bonds. The first kappa shape index (κ1) is 13.4. The highest BCUT2D eigenvalue weighted by atomic mass is 16.3. The van der Waals surface area contributed by atoms with E-state index in [0.29, 0.717) is 12.1 Å². The molecular formula is C18H24N2O. The van der Waals surface area contributed by atoms with Crippen LogP contribution in [0.4, 0.5) is 0 Å². The van der Waals surface area contributed by atoms with Gasteiger partial charge in [0.15, 0.2) is 0 Å². The Morgan fingerprint density at radius 1 is 1.24 bits per heavy atom. The highest BCUT2D eigenvalue weighted by molar-refractivity contribution is 5.82. The molecule has 3 nitrogen and oxygen atoms in total. The lowest BCUT2D eigenvalue weighted by Crippen LogP contribution is -2.43. The van der Waals surface area contributed by atoms with Crippen molar-refractivity contribution in [1.82, 2.24) is 10.2 Å². The van der Waals surface area contributed by atoms with Gasteiger partial charge in [0.2, 0.25) is 0 Å². The third-order valence-corrected chi connectivity index (χ3v) is 5.24. The molecule has 2 atom stereocenters. The van der Waals surface area contributed by atoms with Gasteiger partial charge in [0, 0.05) is 29.6 Å². The molecule has 112 valence electrons. The average molecular weight is 284 g/mol. The van der Waals surface area contributed by atoms with E-state index in [-0.39, 0.29) is 0 Å². The number of hydrogen-bond donors (Lipinski definition) is 1. The van der Waals surface area contributed by atoms with Gasteiger partial charge in [-0.05, 0) is 51.8 Å². The highest BCUT2D eigenvalue weighted by Crippen LogP contribution is 2.31. The number of nitrogens with zero attached hydrogens (tertiary/aromatic N) is 1. The van der Waals surface area contributed by atoms with E-state index in [4.69, 9.17) is 4.42 Å². The van der Waals surface area contributed by atoms with Crippen molar-refractivity contribution in [2.75, 3.05) is 13.1 Å². The van der Waals surface area contributed by atoms with Crippen LogP contribution < -0.4 is 5.32 Å². The summed E-state index contributed by atoms with van der Waals surface area (Å²) in [6, 6.07) is 9.84. The van der Waals surface area contributed by atoms with Crippen LogP contribution in [0.3, 0.4) is 0 Å². The zero-order valence-corrected chi connectivity index (χ0v) is 12.8. The topological polar surface area (TPSA) is 28.4 Å². The standard InChI is InChI=1S/C18H24N2O/c1-13-15(14-6-2-3-9-18(14)21-13)12-20-11-5-8-17(20)16-7-4-10-19-16/h2-3,6,9,16-17,19H,4-5,7-8,10-12H2,1H3. The maximum Gasteiger partial charge on any atom is 0.134 e. The van der Waals surface area contributed by atoms with Crippen LogP contribution in [0, 0.1) is 6.92 Å². The highest BCUT2D eigenvalue weighted by Gasteiger charge is 2.33. The fourth-order valence-corrected chi connectivity index (χ4v) is 4.16. The van der Waals surface area contributed by atoms with E-state index in [1.807, 2.05) is 0 Å². The van der Waals surface area contributed by atoms with Crippen LogP contribution in [0.2, 0.25) is 0 Å². The fourth-order valence-electron chi connectivity index (χ4n) is 4.16. The van der Waals surface area contributed by atoms with Crippen molar-refractivity contribution in [3.05, 3.63) is 35.6 Å². The van der Waals surface area contributed by atoms with Crippen molar-refractivity contribution in [2.45, 2.75) is 51.2 Å². The zero-order chi connectivity index (χ0) is 14.2. The second-order valence-corrected chi connectivity index (χ2v) is 6.52. The SMILES string of the molecule is Cc1oc2ccccc2c1CN1CCCC1C1CCCN1. The second-order valence-electron chi connectivity index (χ2n) is 6.52. The Hall–Kier alpha value is -1.32. The van der Waals surface area contributed by atoms with E-state index < -0.39 is 0 Å². The molecule has 2 aromatic rings. The number of likely N-dealkylation sites (tertiary alicyclic amines) is 1. The van der Waals surface area contributed by atoms with E-state index in [1.54, 1.807) is 0 Å². The maximum atomic E-state index is 5.93. The summed E-state index contributed by atoms with van der Waals surface area (Å²) in [6.45, 7) is 5.56. The summed E-state index contributed by atoms with van der Waals surface area (Å²) in [5.74, 6) is 1.08. The molecule has 2 aliphatic rings. The van der Waals surface area contributed by atoms with Gasteiger partial charge < -0.3 is 9.73 Å². The van der Waals surface area contributed by atoms with Gasteiger partial charge in [0.1, 0.15) is 11.3 Å². The Labute approximate surface area is 126 Å². The Balaban J connectivity index is 1.60. The van der Waals surface area contributed by atoms with Gasteiger partial charge in [-0.15, -0.1) is 0 Å². The number of para-hydroxylation sites is 1. The molecule has 21 heavy (non-hydrogen) atoms. The van der Waals surface area contributed by atoms with E-state index in [9.17, 15) is 0 Å². The van der Waals surface area contributed by atoms with Crippen molar-refractivity contribution in [2.24, 2.45) is 0 Å². The third-order valence-electron chi connectivity index (χ3n) is 5.24. The maximum absolute atomic E-state index is 5.93. The molecular weight excluding hydrogens is 260 g/mol. The molecule has 2 saturated heterocycles. The lowest BCUT2D eigenvalue weighted by Gasteiger charge is -2.29. The van der Waals surface area contributed by atoms with Crippen LogP contribution in [0.5, 0.6) is 0 Å². The lowest BCUT2D eigenvalue weighted by atomic mass is 10.0. The number of benzene rings is 1. The quantitative estimate of drug-likeness (QED) is 0.935. The van der Waals surface area contributed by atoms with Gasteiger partial charge in [-0.1, -0.05) is 18.2 Å². The van der Waals surface area contributed by atoms with E-state index >= 15 is 0 Å². The van der Waals surface area contributed by atoms with Gasteiger partial charge in [0.25, 0.3) is 0 Å². The normalized spacial score (nSPS) is 26.9. The minimum absolute atomic E-state index is 0.700. The van der Waals surface area contributed by atoms with Crippen LogP contribution in [-0.2, 0) is 6.54 Å². The molecule has 4 rings (SSSR count). The lowest BCUT2D eigenvalue weighted by molar-refractivity contribution is 0.206. The molecule has 0 aliphatic carbocycles. The zero-order valence-electron chi connectivity index (χ0n) is 12.8. The molecule has 1 N–H and O–H groups in total. The molecule has 3 heteroatoms. The average Bonchev–Trinajstić information content (AvgIpc) is 3.20. The molecule has 0 saturated carbocycles. The monoisotopic (exact) mass is 284 g/mol. The molecule has 2 aliphatic heterocycles. The molecule has 1 aromatic carbocycles. The summed E-state index contributed by atoms with van der Waals surface area (Å²) >= 11 is 0. The van der Waals surface area contributed by atoms with Crippen LogP contribution in [-0.4, -0.2) is 30.1 Å². The van der Waals surface area contributed by atoms with E-state index in [1.165, 1.54) is 49.7 Å². The Morgan fingerprint density at radius 2 is 2.14 bits per heavy atom. The van der Waals surface area contributed by atoms with Gasteiger partial charge in [-0.25, -0.2) is 0 Å². The van der Waals surface area contributed by atoms with Crippen molar-refractivity contribution in [3.8, 4) is 0 Å². The summed E-state index contributed by atoms with van der Waals surface area (Å²) in [5.41, 5.74) is 2.41. The van der Waals surface area contributed by atoms with Crippen LogP contribution >= 0.6 is 0 Å². The number of furan rings is 1. The Kier molecular flexibility index (Phi) is 3.48. The predicted molar refractivity (Wildman–Crippen MR) is 85.4 cm³/mol. The summed E-state index contributed by atoms with van der Waals surface area (Å²) in [5, 5.41) is 4.99. The minimum atomic E-state index is 0.700. The molecule has 3 heterocycles. The number of fused-ring (bicyclic) bond motifs is 1. The van der Waals surface area contributed by atoms with E-state index in [0.717, 1.165) is 17.9 Å². The first-order chi connectivity index (χ1) is 10.3. The van der Waals surface area contributed by atoms with Crippen molar-refractivity contribution < 1.29 is 4.42 Å². The summed E-state index contributed by atoms with van der Waals surface area (Å²) < 4.78 is 5.93. The smallest absolute Gasteiger partial charge is 0.134 e. The van der Waals surface area contributed by atoms with Gasteiger partial charge in [-0.3, -0.25) is 4.90 Å². The number of aryl methyl sites for hydroxylation is 1. The molecule has 0 bridgehead atoms. The number of nitrogens with one attached hydrogen (secondary N) is 1. The number of hydrogen-bond acceptors (Lipinski definition) is 3. The molecule has 2 fully saturated rings.